The van der Waals surface area contributed by atoms with E-state index in [1.165, 1.54) is 38.5 Å². The van der Waals surface area contributed by atoms with E-state index in [2.05, 4.69) is 6.92 Å². The third-order valence-corrected chi connectivity index (χ3v) is 4.00. The molecular weight excluding hydrogens is 174 g/mol. The molecule has 0 aromatic heterocycles. The highest BCUT2D eigenvalue weighted by Crippen LogP contribution is 2.43. The van der Waals surface area contributed by atoms with Crippen LogP contribution in [-0.4, -0.2) is 19.3 Å². The van der Waals surface area contributed by atoms with Gasteiger partial charge in [0.1, 0.15) is 0 Å². The van der Waals surface area contributed by atoms with E-state index in [4.69, 9.17) is 10.5 Å². The van der Waals surface area contributed by atoms with Gasteiger partial charge in [-0.15, -0.1) is 0 Å². The molecule has 1 saturated heterocycles. The first-order chi connectivity index (χ1) is 6.68. The molecule has 82 valence electrons. The van der Waals surface area contributed by atoms with Crippen molar-refractivity contribution in [3.8, 4) is 0 Å². The third kappa shape index (κ3) is 2.48. The van der Waals surface area contributed by atoms with Crippen LogP contribution in [0.2, 0.25) is 0 Å². The van der Waals surface area contributed by atoms with Crippen molar-refractivity contribution in [2.75, 3.05) is 13.2 Å². The van der Waals surface area contributed by atoms with Gasteiger partial charge in [0.05, 0.1) is 0 Å². The molecule has 0 amide bonds. The molecule has 1 heterocycles. The maximum atomic E-state index is 5.99. The van der Waals surface area contributed by atoms with Crippen molar-refractivity contribution in [1.82, 2.24) is 0 Å². The van der Waals surface area contributed by atoms with E-state index in [1.807, 2.05) is 0 Å². The lowest BCUT2D eigenvalue weighted by atomic mass is 9.77. The summed E-state index contributed by atoms with van der Waals surface area (Å²) >= 11 is 0. The van der Waals surface area contributed by atoms with Crippen LogP contribution in [0.25, 0.3) is 0 Å². The maximum Gasteiger partial charge on any atom is 0.0468 e. The van der Waals surface area contributed by atoms with Gasteiger partial charge in [0.25, 0.3) is 0 Å². The van der Waals surface area contributed by atoms with Crippen molar-refractivity contribution in [3.05, 3.63) is 0 Å². The number of nitrogens with two attached hydrogens (primary N) is 1. The number of hydrogen-bond donors (Lipinski definition) is 1. The number of hydrogen-bond acceptors (Lipinski definition) is 2. The summed E-state index contributed by atoms with van der Waals surface area (Å²) in [6.45, 7) is 4.38. The molecule has 2 rings (SSSR count). The van der Waals surface area contributed by atoms with Gasteiger partial charge >= 0.3 is 0 Å². The Morgan fingerprint density at radius 3 is 2.57 bits per heavy atom. The summed E-state index contributed by atoms with van der Waals surface area (Å²) in [7, 11) is 0. The predicted octanol–water partition coefficient (Wildman–Crippen LogP) is 2.32. The van der Waals surface area contributed by atoms with Crippen LogP contribution in [0.3, 0.4) is 0 Å². The van der Waals surface area contributed by atoms with Gasteiger partial charge in [0.2, 0.25) is 0 Å². The summed E-state index contributed by atoms with van der Waals surface area (Å²) in [5, 5.41) is 0. The van der Waals surface area contributed by atoms with Crippen LogP contribution in [0.15, 0.2) is 0 Å². The molecule has 0 aromatic carbocycles. The second-order valence-corrected chi connectivity index (χ2v) is 5.57. The van der Waals surface area contributed by atoms with Gasteiger partial charge < -0.3 is 10.5 Å². The fraction of sp³-hybridized carbons (Fsp3) is 1.00. The van der Waals surface area contributed by atoms with Crippen LogP contribution in [0.4, 0.5) is 0 Å². The summed E-state index contributed by atoms with van der Waals surface area (Å²) in [6.07, 6.45) is 7.73. The zero-order valence-corrected chi connectivity index (χ0v) is 9.30. The summed E-state index contributed by atoms with van der Waals surface area (Å²) in [4.78, 5) is 0. The normalized spacial score (nSPS) is 40.3. The van der Waals surface area contributed by atoms with Gasteiger partial charge in [-0.1, -0.05) is 6.92 Å². The Balaban J connectivity index is 1.83. The highest BCUT2D eigenvalue weighted by Gasteiger charge is 2.35. The van der Waals surface area contributed by atoms with Crippen LogP contribution in [-0.2, 0) is 4.74 Å². The SMILES string of the molecule is CC1(CC2CCOCC2)CCC(N)C1. The Bertz CT molecular complexity index is 189. The fourth-order valence-electron chi connectivity index (χ4n) is 3.20. The van der Waals surface area contributed by atoms with Gasteiger partial charge in [0, 0.05) is 19.3 Å². The zero-order valence-electron chi connectivity index (χ0n) is 9.30. The van der Waals surface area contributed by atoms with E-state index in [0.717, 1.165) is 19.1 Å². The first-order valence-corrected chi connectivity index (χ1v) is 6.01. The van der Waals surface area contributed by atoms with Crippen molar-refractivity contribution >= 4 is 0 Å². The van der Waals surface area contributed by atoms with E-state index in [0.29, 0.717) is 11.5 Å². The van der Waals surface area contributed by atoms with Crippen LogP contribution in [0.1, 0.15) is 45.4 Å². The van der Waals surface area contributed by atoms with Gasteiger partial charge in [-0.2, -0.15) is 0 Å². The van der Waals surface area contributed by atoms with Crippen molar-refractivity contribution in [1.29, 1.82) is 0 Å². The number of rotatable bonds is 2. The summed E-state index contributed by atoms with van der Waals surface area (Å²) in [6, 6.07) is 0.472. The summed E-state index contributed by atoms with van der Waals surface area (Å²) in [5.41, 5.74) is 6.53. The topological polar surface area (TPSA) is 35.2 Å². The minimum atomic E-state index is 0.472. The van der Waals surface area contributed by atoms with E-state index < -0.39 is 0 Å². The maximum absolute atomic E-state index is 5.99. The van der Waals surface area contributed by atoms with Crippen molar-refractivity contribution in [2.24, 2.45) is 17.1 Å². The van der Waals surface area contributed by atoms with Crippen molar-refractivity contribution < 1.29 is 4.74 Å². The van der Waals surface area contributed by atoms with Gasteiger partial charge in [-0.3, -0.25) is 0 Å². The average molecular weight is 197 g/mol. The largest absolute Gasteiger partial charge is 0.381 e. The average Bonchev–Trinajstić information content (AvgIpc) is 2.47. The highest BCUT2D eigenvalue weighted by molar-refractivity contribution is 4.89. The molecule has 0 spiro atoms. The Kier molecular flexibility index (Phi) is 3.13. The molecule has 2 aliphatic rings. The minimum Gasteiger partial charge on any atom is -0.381 e. The Hall–Kier alpha value is -0.0800. The lowest BCUT2D eigenvalue weighted by Gasteiger charge is -2.31. The summed E-state index contributed by atoms with van der Waals surface area (Å²) < 4.78 is 5.39. The molecule has 2 nitrogen and oxygen atoms in total. The Morgan fingerprint density at radius 2 is 2.00 bits per heavy atom. The Morgan fingerprint density at radius 1 is 1.29 bits per heavy atom. The lowest BCUT2D eigenvalue weighted by Crippen LogP contribution is -2.25. The lowest BCUT2D eigenvalue weighted by molar-refractivity contribution is 0.0496. The first kappa shape index (κ1) is 10.4. The molecule has 2 unspecified atom stereocenters. The zero-order chi connectivity index (χ0) is 10.0. The van der Waals surface area contributed by atoms with Gasteiger partial charge in [-0.25, -0.2) is 0 Å². The van der Waals surface area contributed by atoms with Crippen LogP contribution in [0, 0.1) is 11.3 Å². The molecular formula is C12H23NO. The van der Waals surface area contributed by atoms with Gasteiger partial charge in [-0.05, 0) is 49.9 Å². The van der Waals surface area contributed by atoms with Crippen LogP contribution >= 0.6 is 0 Å². The molecule has 2 atom stereocenters. The minimum absolute atomic E-state index is 0.472. The molecule has 1 saturated carbocycles. The first-order valence-electron chi connectivity index (χ1n) is 6.01. The molecule has 1 aliphatic carbocycles. The molecule has 2 N–H and O–H groups in total. The van der Waals surface area contributed by atoms with Crippen LogP contribution in [0.5, 0.6) is 0 Å². The fourth-order valence-corrected chi connectivity index (χ4v) is 3.20. The second kappa shape index (κ2) is 4.19. The standard InChI is InChI=1S/C12H23NO/c1-12(5-2-11(13)9-12)8-10-3-6-14-7-4-10/h10-11H,2-9,13H2,1H3. The van der Waals surface area contributed by atoms with Crippen LogP contribution < -0.4 is 5.73 Å². The number of ether oxygens (including phenoxy) is 1. The monoisotopic (exact) mass is 197 g/mol. The van der Waals surface area contributed by atoms with E-state index in [9.17, 15) is 0 Å². The van der Waals surface area contributed by atoms with E-state index in [1.54, 1.807) is 0 Å². The molecule has 0 aromatic rings. The van der Waals surface area contributed by atoms with Crippen molar-refractivity contribution in [2.45, 2.75) is 51.5 Å². The molecule has 2 heteroatoms. The highest BCUT2D eigenvalue weighted by atomic mass is 16.5. The molecule has 1 aliphatic heterocycles. The smallest absolute Gasteiger partial charge is 0.0468 e. The van der Waals surface area contributed by atoms with Crippen molar-refractivity contribution in [3.63, 3.8) is 0 Å². The second-order valence-electron chi connectivity index (χ2n) is 5.57. The van der Waals surface area contributed by atoms with Gasteiger partial charge in [0.15, 0.2) is 0 Å². The predicted molar refractivity (Wildman–Crippen MR) is 58.1 cm³/mol. The molecule has 2 fully saturated rings. The Labute approximate surface area is 87.2 Å². The van der Waals surface area contributed by atoms with E-state index in [-0.39, 0.29) is 0 Å². The molecule has 14 heavy (non-hydrogen) atoms. The third-order valence-electron chi connectivity index (χ3n) is 4.00. The summed E-state index contributed by atoms with van der Waals surface area (Å²) in [5.74, 6) is 0.902. The van der Waals surface area contributed by atoms with E-state index >= 15 is 0 Å². The molecule has 0 bridgehead atoms. The quantitative estimate of drug-likeness (QED) is 0.737. The molecule has 0 radical (unpaired) electrons.